The molecule has 1 aliphatic rings. The van der Waals surface area contributed by atoms with E-state index in [1.54, 1.807) is 37.3 Å². The molecular formula is C22H25NO6. The summed E-state index contributed by atoms with van der Waals surface area (Å²) in [4.78, 5) is 26.4. The van der Waals surface area contributed by atoms with Crippen LogP contribution in [-0.2, 0) is 22.6 Å². The van der Waals surface area contributed by atoms with Crippen LogP contribution in [0.2, 0.25) is 0 Å². The van der Waals surface area contributed by atoms with Gasteiger partial charge in [-0.3, -0.25) is 9.59 Å². The quantitative estimate of drug-likeness (QED) is 0.770. The highest BCUT2D eigenvalue weighted by Crippen LogP contribution is 2.40. The van der Waals surface area contributed by atoms with Gasteiger partial charge in [-0.15, -0.1) is 0 Å². The fourth-order valence-electron chi connectivity index (χ4n) is 3.73. The molecule has 29 heavy (non-hydrogen) atoms. The Morgan fingerprint density at radius 3 is 2.31 bits per heavy atom. The number of benzene rings is 2. The van der Waals surface area contributed by atoms with Gasteiger partial charge in [0.15, 0.2) is 11.5 Å². The molecule has 3 rings (SSSR count). The Bertz CT molecular complexity index is 893. The zero-order chi connectivity index (χ0) is 21.0. The summed E-state index contributed by atoms with van der Waals surface area (Å²) in [6.45, 7) is 0.897. The van der Waals surface area contributed by atoms with E-state index in [0.717, 1.165) is 16.7 Å². The van der Waals surface area contributed by atoms with Gasteiger partial charge >= 0.3 is 5.97 Å². The van der Waals surface area contributed by atoms with Crippen molar-refractivity contribution in [1.82, 2.24) is 4.90 Å². The monoisotopic (exact) mass is 399 g/mol. The highest BCUT2D eigenvalue weighted by atomic mass is 16.5. The van der Waals surface area contributed by atoms with Gasteiger partial charge in [-0.25, -0.2) is 0 Å². The number of ether oxygens (including phenoxy) is 3. The number of carboxylic acid groups (broad SMARTS) is 1. The summed E-state index contributed by atoms with van der Waals surface area (Å²) in [6.07, 6.45) is 0.426. The number of nitrogens with zero attached hydrogens (tertiary/aromatic N) is 1. The van der Waals surface area contributed by atoms with Crippen LogP contribution in [0.25, 0.3) is 0 Å². The number of hydrogen-bond acceptors (Lipinski definition) is 5. The fraction of sp³-hybridized carbons (Fsp3) is 0.364. The number of carboxylic acids is 1. The summed E-state index contributed by atoms with van der Waals surface area (Å²) in [6, 6.07) is 10.2. The third kappa shape index (κ3) is 4.35. The molecule has 7 heteroatoms. The molecule has 1 amide bonds. The van der Waals surface area contributed by atoms with Crippen LogP contribution in [0.3, 0.4) is 0 Å². The van der Waals surface area contributed by atoms with Crippen LogP contribution in [0.4, 0.5) is 0 Å². The molecule has 0 radical (unpaired) electrons. The van der Waals surface area contributed by atoms with Crippen LogP contribution in [0.15, 0.2) is 36.4 Å². The normalized spacial score (nSPS) is 15.6. The lowest BCUT2D eigenvalue weighted by Gasteiger charge is -2.37. The first kappa shape index (κ1) is 20.7. The average molecular weight is 399 g/mol. The molecule has 2 aromatic carbocycles. The van der Waals surface area contributed by atoms with Crippen LogP contribution in [-0.4, -0.2) is 49.8 Å². The van der Waals surface area contributed by atoms with E-state index in [-0.39, 0.29) is 12.3 Å². The molecule has 1 atom stereocenters. The summed E-state index contributed by atoms with van der Waals surface area (Å²) in [5.41, 5.74) is 3.23. The second kappa shape index (κ2) is 8.96. The first-order chi connectivity index (χ1) is 14.0. The van der Waals surface area contributed by atoms with Crippen molar-refractivity contribution in [3.05, 3.63) is 58.7 Å². The maximum atomic E-state index is 13.2. The minimum Gasteiger partial charge on any atom is -0.493 e. The van der Waals surface area contributed by atoms with Gasteiger partial charge in [0.2, 0.25) is 0 Å². The zero-order valence-electron chi connectivity index (χ0n) is 16.8. The van der Waals surface area contributed by atoms with E-state index in [1.165, 1.54) is 7.11 Å². The maximum Gasteiger partial charge on any atom is 0.305 e. The predicted octanol–water partition coefficient (Wildman–Crippen LogP) is 3.06. The number of carbonyl (C=O) groups is 2. The lowest BCUT2D eigenvalue weighted by molar-refractivity contribution is -0.138. The molecule has 0 saturated heterocycles. The molecule has 0 aliphatic carbocycles. The SMILES string of the molecule is COCc1ccc(C(=O)N2CCc3cc(OC)c(OC)cc3C2CC(=O)O)cc1. The molecule has 1 N–H and O–H groups in total. The highest BCUT2D eigenvalue weighted by Gasteiger charge is 2.34. The van der Waals surface area contributed by atoms with Gasteiger partial charge in [0.25, 0.3) is 5.91 Å². The van der Waals surface area contributed by atoms with E-state index in [4.69, 9.17) is 14.2 Å². The Balaban J connectivity index is 1.96. The van der Waals surface area contributed by atoms with Gasteiger partial charge in [-0.1, -0.05) is 12.1 Å². The Morgan fingerprint density at radius 1 is 1.07 bits per heavy atom. The third-order valence-electron chi connectivity index (χ3n) is 5.14. The van der Waals surface area contributed by atoms with Gasteiger partial charge in [0.05, 0.1) is 33.3 Å². The number of hydrogen-bond donors (Lipinski definition) is 1. The first-order valence-electron chi connectivity index (χ1n) is 9.34. The average Bonchev–Trinajstić information content (AvgIpc) is 2.73. The van der Waals surface area contributed by atoms with E-state index < -0.39 is 12.0 Å². The van der Waals surface area contributed by atoms with Crippen LogP contribution in [0.5, 0.6) is 11.5 Å². The van der Waals surface area contributed by atoms with Gasteiger partial charge in [-0.05, 0) is 47.4 Å². The van der Waals surface area contributed by atoms with Crippen LogP contribution in [0, 0.1) is 0 Å². The fourth-order valence-corrected chi connectivity index (χ4v) is 3.73. The van der Waals surface area contributed by atoms with Gasteiger partial charge in [0, 0.05) is 19.2 Å². The van der Waals surface area contributed by atoms with Crippen molar-refractivity contribution in [2.75, 3.05) is 27.9 Å². The topological polar surface area (TPSA) is 85.3 Å². The highest BCUT2D eigenvalue weighted by molar-refractivity contribution is 5.95. The Labute approximate surface area is 169 Å². The number of aliphatic carboxylic acids is 1. The number of rotatable bonds is 7. The van der Waals surface area contributed by atoms with Crippen molar-refractivity contribution < 1.29 is 28.9 Å². The van der Waals surface area contributed by atoms with Crippen molar-refractivity contribution in [3.63, 3.8) is 0 Å². The summed E-state index contributed by atoms with van der Waals surface area (Å²) in [7, 11) is 4.71. The standard InChI is InChI=1S/C22H25NO6/c1-27-13-14-4-6-15(7-5-14)22(26)23-9-8-16-10-19(28-2)20(29-3)11-17(16)18(23)12-21(24)25/h4-7,10-11,18H,8-9,12-13H2,1-3H3,(H,24,25). The Hall–Kier alpha value is -3.06. The molecule has 154 valence electrons. The summed E-state index contributed by atoms with van der Waals surface area (Å²) >= 11 is 0. The van der Waals surface area contributed by atoms with E-state index in [2.05, 4.69) is 0 Å². The minimum absolute atomic E-state index is 0.185. The molecule has 0 bridgehead atoms. The molecule has 0 saturated carbocycles. The van der Waals surface area contributed by atoms with Crippen LogP contribution in [0.1, 0.15) is 39.5 Å². The molecule has 0 fully saturated rings. The van der Waals surface area contributed by atoms with Crippen LogP contribution < -0.4 is 9.47 Å². The molecule has 1 aliphatic heterocycles. The number of amides is 1. The minimum atomic E-state index is -0.967. The number of fused-ring (bicyclic) bond motifs is 1. The lowest BCUT2D eigenvalue weighted by atomic mass is 9.89. The Kier molecular flexibility index (Phi) is 6.39. The number of methoxy groups -OCH3 is 3. The molecule has 0 spiro atoms. The largest absolute Gasteiger partial charge is 0.493 e. The van der Waals surface area contributed by atoms with E-state index in [1.807, 2.05) is 18.2 Å². The summed E-state index contributed by atoms with van der Waals surface area (Å²) in [5.74, 6) is -0.0554. The molecule has 2 aromatic rings. The van der Waals surface area contributed by atoms with Gasteiger partial charge in [0.1, 0.15) is 0 Å². The van der Waals surface area contributed by atoms with Crippen molar-refractivity contribution >= 4 is 11.9 Å². The van der Waals surface area contributed by atoms with E-state index in [9.17, 15) is 14.7 Å². The maximum absolute atomic E-state index is 13.2. The molecule has 7 nitrogen and oxygen atoms in total. The van der Waals surface area contributed by atoms with Crippen LogP contribution >= 0.6 is 0 Å². The molecule has 0 aromatic heterocycles. The second-order valence-corrected chi connectivity index (χ2v) is 6.90. The molecule has 1 unspecified atom stereocenters. The van der Waals surface area contributed by atoms with E-state index >= 15 is 0 Å². The lowest BCUT2D eigenvalue weighted by Crippen LogP contribution is -2.41. The third-order valence-corrected chi connectivity index (χ3v) is 5.14. The van der Waals surface area contributed by atoms with Crippen molar-refractivity contribution in [2.24, 2.45) is 0 Å². The van der Waals surface area contributed by atoms with E-state index in [0.29, 0.717) is 36.6 Å². The summed E-state index contributed by atoms with van der Waals surface area (Å²) < 4.78 is 15.8. The second-order valence-electron chi connectivity index (χ2n) is 6.90. The summed E-state index contributed by atoms with van der Waals surface area (Å²) in [5, 5.41) is 9.48. The zero-order valence-corrected chi connectivity index (χ0v) is 16.8. The van der Waals surface area contributed by atoms with Crippen molar-refractivity contribution in [3.8, 4) is 11.5 Å². The van der Waals surface area contributed by atoms with Gasteiger partial charge < -0.3 is 24.2 Å². The Morgan fingerprint density at radius 2 is 1.72 bits per heavy atom. The van der Waals surface area contributed by atoms with Crippen molar-refractivity contribution in [2.45, 2.75) is 25.5 Å². The number of carbonyl (C=O) groups excluding carboxylic acids is 1. The van der Waals surface area contributed by atoms with Gasteiger partial charge in [-0.2, -0.15) is 0 Å². The molecular weight excluding hydrogens is 374 g/mol. The smallest absolute Gasteiger partial charge is 0.305 e. The molecule has 1 heterocycles. The van der Waals surface area contributed by atoms with Crippen molar-refractivity contribution in [1.29, 1.82) is 0 Å². The predicted molar refractivity (Wildman–Crippen MR) is 106 cm³/mol. The first-order valence-corrected chi connectivity index (χ1v) is 9.34.